The van der Waals surface area contributed by atoms with Gasteiger partial charge in [0.05, 0.1) is 0 Å². The number of hydrogen-bond donors (Lipinski definition) is 0. The van der Waals surface area contributed by atoms with E-state index in [2.05, 4.69) is 42.1 Å². The molecule has 0 atom stereocenters. The second-order valence-electron chi connectivity index (χ2n) is 3.05. The molecule has 0 saturated heterocycles. The predicted octanol–water partition coefficient (Wildman–Crippen LogP) is 3.16. The first-order valence-corrected chi connectivity index (χ1v) is 4.95. The lowest BCUT2D eigenvalue weighted by molar-refractivity contribution is 1.02. The summed E-state index contributed by atoms with van der Waals surface area (Å²) in [5.41, 5.74) is 4.29. The van der Waals surface area contributed by atoms with Gasteiger partial charge in [0.25, 0.3) is 0 Å². The van der Waals surface area contributed by atoms with Gasteiger partial charge in [-0.1, -0.05) is 26.0 Å². The smallest absolute Gasteiger partial charge is 0.00533 e. The summed E-state index contributed by atoms with van der Waals surface area (Å²) in [7, 11) is 4.41. The normalized spacial score (nSPS) is 10.3. The molecule has 0 N–H and O–H groups in total. The number of hydrogen-bond acceptors (Lipinski definition) is 0. The van der Waals surface area contributed by atoms with Crippen molar-refractivity contribution in [2.75, 3.05) is 0 Å². The summed E-state index contributed by atoms with van der Waals surface area (Å²) in [5, 5.41) is 1.11. The van der Waals surface area contributed by atoms with Gasteiger partial charge in [-0.05, 0) is 51.0 Å². The van der Waals surface area contributed by atoms with Gasteiger partial charge in [0.1, 0.15) is 0 Å². The van der Waals surface area contributed by atoms with E-state index < -0.39 is 0 Å². The van der Waals surface area contributed by atoms with E-state index in [0.29, 0.717) is 0 Å². The Balaban J connectivity index is 3.25. The lowest BCUT2D eigenvalue weighted by atomic mass is 9.98. The van der Waals surface area contributed by atoms with Gasteiger partial charge in [0.2, 0.25) is 0 Å². The summed E-state index contributed by atoms with van der Waals surface area (Å²) < 4.78 is 0. The molecule has 0 fully saturated rings. The standard InChI is InChI=1S/C11H15P/c1-4-9-6-7-11(12)8(3)10(9)5-2/h6-7H,4-5H2,1-3H3. The highest BCUT2D eigenvalue weighted by molar-refractivity contribution is 7.27. The van der Waals surface area contributed by atoms with Crippen LogP contribution in [0.4, 0.5) is 0 Å². The number of benzene rings is 1. The molecule has 0 bridgehead atoms. The van der Waals surface area contributed by atoms with E-state index >= 15 is 0 Å². The Labute approximate surface area is 77.6 Å². The van der Waals surface area contributed by atoms with Crippen LogP contribution < -0.4 is 5.30 Å². The highest BCUT2D eigenvalue weighted by atomic mass is 31.0. The average Bonchev–Trinajstić information content (AvgIpc) is 2.09. The SMILES string of the molecule is CCc1ccc([P])c(C)c1CC. The van der Waals surface area contributed by atoms with Crippen molar-refractivity contribution < 1.29 is 0 Å². The van der Waals surface area contributed by atoms with Crippen LogP contribution in [-0.4, -0.2) is 0 Å². The van der Waals surface area contributed by atoms with Crippen LogP contribution in [0.25, 0.3) is 0 Å². The van der Waals surface area contributed by atoms with Crippen LogP contribution in [0, 0.1) is 6.92 Å². The highest BCUT2D eigenvalue weighted by Crippen LogP contribution is 2.15. The highest BCUT2D eigenvalue weighted by Gasteiger charge is 2.04. The molecule has 0 aliphatic carbocycles. The summed E-state index contributed by atoms with van der Waals surface area (Å²) in [6.07, 6.45) is 2.24. The summed E-state index contributed by atoms with van der Waals surface area (Å²) >= 11 is 0. The quantitative estimate of drug-likeness (QED) is 0.610. The van der Waals surface area contributed by atoms with E-state index in [0.717, 1.165) is 18.1 Å². The van der Waals surface area contributed by atoms with E-state index in [4.69, 9.17) is 0 Å². The Morgan fingerprint density at radius 1 is 1.17 bits per heavy atom. The lowest BCUT2D eigenvalue weighted by Crippen LogP contribution is -2.04. The second-order valence-corrected chi connectivity index (χ2v) is 3.54. The zero-order valence-electron chi connectivity index (χ0n) is 8.02. The maximum atomic E-state index is 4.41. The third kappa shape index (κ3) is 1.69. The van der Waals surface area contributed by atoms with Crippen LogP contribution in [0.2, 0.25) is 0 Å². The summed E-state index contributed by atoms with van der Waals surface area (Å²) in [6.45, 7) is 6.56. The first-order valence-electron chi connectivity index (χ1n) is 4.51. The van der Waals surface area contributed by atoms with Crippen molar-refractivity contribution in [1.82, 2.24) is 0 Å². The number of aryl methyl sites for hydroxylation is 1. The van der Waals surface area contributed by atoms with Gasteiger partial charge in [-0.15, -0.1) is 0 Å². The molecule has 0 heterocycles. The molecule has 0 aromatic heterocycles. The minimum Gasteiger partial charge on any atom is -0.0613 e. The van der Waals surface area contributed by atoms with Gasteiger partial charge in [-0.2, -0.15) is 0 Å². The van der Waals surface area contributed by atoms with Gasteiger partial charge in [-0.3, -0.25) is 0 Å². The molecule has 0 saturated carbocycles. The third-order valence-electron chi connectivity index (χ3n) is 2.40. The molecular weight excluding hydrogens is 163 g/mol. The van der Waals surface area contributed by atoms with Crippen molar-refractivity contribution in [3.05, 3.63) is 28.8 Å². The fraction of sp³-hybridized carbons (Fsp3) is 0.455. The molecule has 0 aliphatic heterocycles. The first kappa shape index (κ1) is 9.74. The van der Waals surface area contributed by atoms with Crippen molar-refractivity contribution in [3.8, 4) is 0 Å². The molecule has 1 rings (SSSR count). The summed E-state index contributed by atoms with van der Waals surface area (Å²) in [5.74, 6) is 0. The fourth-order valence-electron chi connectivity index (χ4n) is 1.62. The van der Waals surface area contributed by atoms with E-state index in [9.17, 15) is 0 Å². The zero-order valence-corrected chi connectivity index (χ0v) is 8.91. The van der Waals surface area contributed by atoms with Crippen LogP contribution in [0.3, 0.4) is 0 Å². The molecule has 0 spiro atoms. The van der Waals surface area contributed by atoms with Crippen molar-refractivity contribution in [2.24, 2.45) is 0 Å². The minimum atomic E-state index is 1.11. The molecule has 0 aliphatic rings. The Morgan fingerprint density at radius 2 is 1.83 bits per heavy atom. The molecule has 1 aromatic rings. The summed E-state index contributed by atoms with van der Waals surface area (Å²) in [4.78, 5) is 0. The van der Waals surface area contributed by atoms with Crippen LogP contribution in [0.1, 0.15) is 30.5 Å². The minimum absolute atomic E-state index is 1.11. The predicted molar refractivity (Wildman–Crippen MR) is 56.5 cm³/mol. The molecule has 0 unspecified atom stereocenters. The number of rotatable bonds is 2. The maximum Gasteiger partial charge on any atom is -0.00533 e. The van der Waals surface area contributed by atoms with Crippen molar-refractivity contribution in [1.29, 1.82) is 0 Å². The molecule has 64 valence electrons. The third-order valence-corrected chi connectivity index (χ3v) is 2.89. The molecule has 0 amide bonds. The van der Waals surface area contributed by atoms with Gasteiger partial charge in [-0.25, -0.2) is 0 Å². The molecule has 2 radical (unpaired) electrons. The largest absolute Gasteiger partial charge is 0.0613 e. The zero-order chi connectivity index (χ0) is 9.14. The van der Waals surface area contributed by atoms with Crippen LogP contribution >= 0.6 is 9.24 Å². The van der Waals surface area contributed by atoms with Gasteiger partial charge in [0, 0.05) is 0 Å². The Hall–Kier alpha value is -0.350. The Bertz CT molecular complexity index is 277. The molecule has 12 heavy (non-hydrogen) atoms. The fourth-order valence-corrected chi connectivity index (χ4v) is 1.83. The van der Waals surface area contributed by atoms with E-state index in [-0.39, 0.29) is 0 Å². The Morgan fingerprint density at radius 3 is 2.33 bits per heavy atom. The van der Waals surface area contributed by atoms with Crippen LogP contribution in [-0.2, 0) is 12.8 Å². The Kier molecular flexibility index (Phi) is 3.29. The first-order chi connectivity index (χ1) is 5.70. The average molecular weight is 178 g/mol. The van der Waals surface area contributed by atoms with Gasteiger partial charge < -0.3 is 0 Å². The maximum absolute atomic E-state index is 4.41. The molecule has 1 aromatic carbocycles. The van der Waals surface area contributed by atoms with Crippen molar-refractivity contribution in [2.45, 2.75) is 33.6 Å². The second kappa shape index (κ2) is 4.05. The topological polar surface area (TPSA) is 0 Å². The molecule has 1 heteroatoms. The lowest BCUT2D eigenvalue weighted by Gasteiger charge is -2.10. The van der Waals surface area contributed by atoms with Gasteiger partial charge >= 0.3 is 0 Å². The molecular formula is C11H15P. The monoisotopic (exact) mass is 178 g/mol. The van der Waals surface area contributed by atoms with E-state index in [1.807, 2.05) is 0 Å². The van der Waals surface area contributed by atoms with E-state index in [1.54, 1.807) is 0 Å². The van der Waals surface area contributed by atoms with Crippen molar-refractivity contribution in [3.63, 3.8) is 0 Å². The van der Waals surface area contributed by atoms with E-state index in [1.165, 1.54) is 16.7 Å². The summed E-state index contributed by atoms with van der Waals surface area (Å²) in [6, 6.07) is 4.28. The van der Waals surface area contributed by atoms with Crippen LogP contribution in [0.5, 0.6) is 0 Å². The van der Waals surface area contributed by atoms with Gasteiger partial charge in [0.15, 0.2) is 0 Å². The van der Waals surface area contributed by atoms with Crippen LogP contribution in [0.15, 0.2) is 12.1 Å². The van der Waals surface area contributed by atoms with Crippen molar-refractivity contribution >= 4 is 14.5 Å². The molecule has 0 nitrogen and oxygen atoms in total.